The first-order valence-corrected chi connectivity index (χ1v) is 11.4. The van der Waals surface area contributed by atoms with Crippen LogP contribution < -0.4 is 15.0 Å². The van der Waals surface area contributed by atoms with Crippen LogP contribution in [-0.4, -0.2) is 65.1 Å². The number of anilines is 1. The summed E-state index contributed by atoms with van der Waals surface area (Å²) in [5, 5.41) is 14.4. The number of hydrogen-bond donors (Lipinski definition) is 1. The second kappa shape index (κ2) is 10.3. The van der Waals surface area contributed by atoms with Crippen LogP contribution >= 0.6 is 0 Å². The molecular formula is C22H30N4O9. The van der Waals surface area contributed by atoms with Crippen molar-refractivity contribution in [3.63, 3.8) is 0 Å². The molecule has 0 unspecified atom stereocenters. The quantitative estimate of drug-likeness (QED) is 0.258. The van der Waals surface area contributed by atoms with Gasteiger partial charge in [-0.3, -0.25) is 0 Å². The van der Waals surface area contributed by atoms with Gasteiger partial charge in [0.25, 0.3) is 5.82 Å². The van der Waals surface area contributed by atoms with Crippen molar-refractivity contribution in [2.45, 2.75) is 70.6 Å². The third kappa shape index (κ3) is 6.70. The Balaban J connectivity index is 1.64. The first-order chi connectivity index (χ1) is 16.4. The van der Waals surface area contributed by atoms with Gasteiger partial charge in [0.2, 0.25) is 5.75 Å². The smallest absolute Gasteiger partial charge is 0.417 e. The van der Waals surface area contributed by atoms with Gasteiger partial charge in [-0.2, -0.15) is 0 Å². The van der Waals surface area contributed by atoms with Crippen molar-refractivity contribution in [3.05, 3.63) is 22.2 Å². The van der Waals surface area contributed by atoms with Gasteiger partial charge in [-0.25, -0.2) is 19.3 Å². The van der Waals surface area contributed by atoms with Gasteiger partial charge in [0.15, 0.2) is 6.61 Å². The number of carbonyl (C=O) groups excluding carboxylic acids is 3. The van der Waals surface area contributed by atoms with Crippen LogP contribution in [0.15, 0.2) is 12.1 Å². The minimum Gasteiger partial charge on any atom is -0.474 e. The van der Waals surface area contributed by atoms with Crippen molar-refractivity contribution < 1.29 is 38.3 Å². The molecule has 35 heavy (non-hydrogen) atoms. The van der Waals surface area contributed by atoms with E-state index in [1.165, 1.54) is 17.0 Å². The Hall–Kier alpha value is -3.64. The molecule has 1 N–H and O–H groups in total. The average molecular weight is 495 g/mol. The number of esters is 1. The number of nitro groups is 1. The molecule has 2 heterocycles. The fourth-order valence-electron chi connectivity index (χ4n) is 3.98. The summed E-state index contributed by atoms with van der Waals surface area (Å²) in [6.07, 6.45) is 0.996. The SMILES string of the molecule is CCOC(=O)COc1ccc(N2CC3(CCC(NC(=O)OC(C)(C)C)CC3)OC2=O)nc1[N+](=O)[O-]. The summed E-state index contributed by atoms with van der Waals surface area (Å²) in [6.45, 7) is 6.79. The highest BCUT2D eigenvalue weighted by Crippen LogP contribution is 2.39. The van der Waals surface area contributed by atoms with Crippen LogP contribution in [0.25, 0.3) is 0 Å². The highest BCUT2D eigenvalue weighted by molar-refractivity contribution is 5.89. The zero-order valence-corrected chi connectivity index (χ0v) is 20.2. The van der Waals surface area contributed by atoms with Crippen molar-refractivity contribution in [2.24, 2.45) is 0 Å². The lowest BCUT2D eigenvalue weighted by Crippen LogP contribution is -2.46. The van der Waals surface area contributed by atoms with Gasteiger partial charge in [0.05, 0.1) is 13.2 Å². The van der Waals surface area contributed by atoms with Crippen LogP contribution in [0.2, 0.25) is 0 Å². The molecule has 0 bridgehead atoms. The molecule has 1 aliphatic heterocycles. The molecular weight excluding hydrogens is 464 g/mol. The lowest BCUT2D eigenvalue weighted by Gasteiger charge is -2.35. The van der Waals surface area contributed by atoms with E-state index in [4.69, 9.17) is 18.9 Å². The summed E-state index contributed by atoms with van der Waals surface area (Å²) in [5.41, 5.74) is -1.38. The number of rotatable bonds is 7. The van der Waals surface area contributed by atoms with Crippen LogP contribution in [0.5, 0.6) is 5.75 Å². The van der Waals surface area contributed by atoms with E-state index in [0.717, 1.165) is 0 Å². The highest BCUT2D eigenvalue weighted by atomic mass is 16.6. The van der Waals surface area contributed by atoms with Gasteiger partial charge in [0.1, 0.15) is 11.2 Å². The van der Waals surface area contributed by atoms with Crippen molar-refractivity contribution in [1.82, 2.24) is 10.3 Å². The normalized spacial score (nSPS) is 21.9. The maximum Gasteiger partial charge on any atom is 0.417 e. The van der Waals surface area contributed by atoms with Crippen LogP contribution in [-0.2, 0) is 19.0 Å². The first-order valence-electron chi connectivity index (χ1n) is 11.4. The lowest BCUT2D eigenvalue weighted by molar-refractivity contribution is -0.390. The van der Waals surface area contributed by atoms with Gasteiger partial charge in [-0.15, -0.1) is 0 Å². The Morgan fingerprint density at radius 3 is 2.60 bits per heavy atom. The molecule has 13 nitrogen and oxygen atoms in total. The zero-order chi connectivity index (χ0) is 25.8. The Bertz CT molecular complexity index is 984. The number of pyridine rings is 1. The van der Waals surface area contributed by atoms with E-state index in [-0.39, 0.29) is 30.8 Å². The van der Waals surface area contributed by atoms with Gasteiger partial charge in [0, 0.05) is 12.1 Å². The topological polar surface area (TPSA) is 159 Å². The van der Waals surface area contributed by atoms with E-state index in [1.807, 2.05) is 0 Å². The van der Waals surface area contributed by atoms with E-state index < -0.39 is 46.7 Å². The summed E-state index contributed by atoms with van der Waals surface area (Å²) in [6, 6.07) is 2.56. The van der Waals surface area contributed by atoms with Gasteiger partial charge >= 0.3 is 24.0 Å². The molecule has 0 radical (unpaired) electrons. The molecule has 3 rings (SSSR count). The number of hydrogen-bond acceptors (Lipinski definition) is 10. The number of ether oxygens (including phenoxy) is 4. The van der Waals surface area contributed by atoms with Gasteiger partial charge in [-0.05, 0) is 69.4 Å². The maximum absolute atomic E-state index is 12.6. The number of amides is 2. The highest BCUT2D eigenvalue weighted by Gasteiger charge is 2.49. The average Bonchev–Trinajstić information content (AvgIpc) is 3.08. The summed E-state index contributed by atoms with van der Waals surface area (Å²) in [5.74, 6) is -1.49. The first kappa shape index (κ1) is 26.0. The second-order valence-electron chi connectivity index (χ2n) is 9.40. The molecule has 1 aromatic rings. The zero-order valence-electron chi connectivity index (χ0n) is 20.2. The minimum atomic E-state index is -0.779. The van der Waals surface area contributed by atoms with Crippen molar-refractivity contribution in [3.8, 4) is 5.75 Å². The largest absolute Gasteiger partial charge is 0.474 e. The molecule has 2 fully saturated rings. The molecule has 2 aliphatic rings. The number of nitrogens with zero attached hydrogens (tertiary/aromatic N) is 3. The van der Waals surface area contributed by atoms with E-state index in [0.29, 0.717) is 25.7 Å². The van der Waals surface area contributed by atoms with Crippen LogP contribution in [0, 0.1) is 10.1 Å². The molecule has 1 saturated carbocycles. The summed E-state index contributed by atoms with van der Waals surface area (Å²) >= 11 is 0. The standard InChI is InChI=1S/C22H30N4O9/c1-5-32-17(27)12-33-15-6-7-16(24-18(15)26(30)31)25-13-22(35-20(25)29)10-8-14(9-11-22)23-19(28)34-21(2,3)4/h6-7,14H,5,8-13H2,1-4H3,(H,23,28). The molecule has 0 aromatic carbocycles. The molecule has 13 heteroatoms. The Morgan fingerprint density at radius 1 is 1.31 bits per heavy atom. The van der Waals surface area contributed by atoms with Crippen LogP contribution in [0.3, 0.4) is 0 Å². The molecule has 1 spiro atoms. The van der Waals surface area contributed by atoms with Gasteiger partial charge in [-0.1, -0.05) is 0 Å². The predicted octanol–water partition coefficient (Wildman–Crippen LogP) is 3.09. The Labute approximate surface area is 202 Å². The monoisotopic (exact) mass is 494 g/mol. The summed E-state index contributed by atoms with van der Waals surface area (Å²) < 4.78 is 20.9. The number of nitrogens with one attached hydrogen (secondary N) is 1. The number of aromatic nitrogens is 1. The fraction of sp³-hybridized carbons (Fsp3) is 0.636. The van der Waals surface area contributed by atoms with E-state index in [9.17, 15) is 24.5 Å². The van der Waals surface area contributed by atoms with Crippen LogP contribution in [0.4, 0.5) is 21.2 Å². The maximum atomic E-state index is 12.6. The molecule has 192 valence electrons. The number of carbonyl (C=O) groups is 3. The minimum absolute atomic E-state index is 0.0380. The third-order valence-corrected chi connectivity index (χ3v) is 5.51. The second-order valence-corrected chi connectivity index (χ2v) is 9.40. The van der Waals surface area contributed by atoms with Crippen LogP contribution in [0.1, 0.15) is 53.4 Å². The van der Waals surface area contributed by atoms with E-state index in [2.05, 4.69) is 10.3 Å². The molecule has 1 aromatic heterocycles. The fourth-order valence-corrected chi connectivity index (χ4v) is 3.98. The van der Waals surface area contributed by atoms with E-state index in [1.54, 1.807) is 27.7 Å². The Kier molecular flexibility index (Phi) is 7.66. The molecule has 2 amide bonds. The Morgan fingerprint density at radius 2 is 2.00 bits per heavy atom. The predicted molar refractivity (Wildman–Crippen MR) is 121 cm³/mol. The van der Waals surface area contributed by atoms with Crippen molar-refractivity contribution in [1.29, 1.82) is 0 Å². The summed E-state index contributed by atoms with van der Waals surface area (Å²) in [4.78, 5) is 52.1. The van der Waals surface area contributed by atoms with Crippen molar-refractivity contribution >= 4 is 29.8 Å². The van der Waals surface area contributed by atoms with Crippen molar-refractivity contribution in [2.75, 3.05) is 24.7 Å². The molecule has 1 aliphatic carbocycles. The number of alkyl carbamates (subject to hydrolysis) is 1. The third-order valence-electron chi connectivity index (χ3n) is 5.51. The summed E-state index contributed by atoms with van der Waals surface area (Å²) in [7, 11) is 0. The molecule has 0 atom stereocenters. The van der Waals surface area contributed by atoms with E-state index >= 15 is 0 Å². The lowest BCUT2D eigenvalue weighted by atomic mass is 9.82. The van der Waals surface area contributed by atoms with Gasteiger partial charge < -0.3 is 34.4 Å². The molecule has 1 saturated heterocycles.